The number of nitrogens with two attached hydrogens (primary N) is 1. The van der Waals surface area contributed by atoms with Gasteiger partial charge in [0.15, 0.2) is 0 Å². The normalized spacial score (nSPS) is 12.7. The van der Waals surface area contributed by atoms with Crippen molar-refractivity contribution in [1.82, 2.24) is 5.32 Å². The maximum absolute atomic E-state index is 12.7. The molecule has 0 aliphatic carbocycles. The highest BCUT2D eigenvalue weighted by Gasteiger charge is 2.22. The molecule has 0 radical (unpaired) electrons. The summed E-state index contributed by atoms with van der Waals surface area (Å²) in [5.41, 5.74) is 6.39. The molecular formula is C14H22FN3O. The lowest BCUT2D eigenvalue weighted by Crippen LogP contribution is -2.35. The summed E-state index contributed by atoms with van der Waals surface area (Å²) in [6, 6.07) is 6.52. The van der Waals surface area contributed by atoms with E-state index in [0.29, 0.717) is 0 Å². The van der Waals surface area contributed by atoms with Gasteiger partial charge in [0.1, 0.15) is 11.7 Å². The van der Waals surface area contributed by atoms with E-state index in [1.54, 1.807) is 12.1 Å². The smallest absolute Gasteiger partial charge is 0.144 e. The zero-order valence-electron chi connectivity index (χ0n) is 11.5. The first-order valence-corrected chi connectivity index (χ1v) is 6.39. The Morgan fingerprint density at radius 2 is 1.95 bits per heavy atom. The Balaban J connectivity index is 2.23. The third-order valence-electron chi connectivity index (χ3n) is 3.23. The second-order valence-corrected chi connectivity index (χ2v) is 5.25. The van der Waals surface area contributed by atoms with E-state index >= 15 is 0 Å². The van der Waals surface area contributed by atoms with Gasteiger partial charge in [-0.15, -0.1) is 0 Å². The predicted octanol–water partition coefficient (Wildman–Crippen LogP) is 2.12. The molecule has 0 unspecified atom stereocenters. The van der Waals surface area contributed by atoms with E-state index in [1.165, 1.54) is 12.1 Å². The van der Waals surface area contributed by atoms with E-state index in [9.17, 15) is 4.39 Å². The molecule has 5 heteroatoms. The van der Waals surface area contributed by atoms with Crippen LogP contribution in [-0.2, 0) is 6.42 Å². The van der Waals surface area contributed by atoms with E-state index in [0.717, 1.165) is 31.5 Å². The topological polar surface area (TPSA) is 70.6 Å². The Morgan fingerprint density at radius 1 is 1.32 bits per heavy atom. The Hall–Kier alpha value is -1.62. The Labute approximate surface area is 113 Å². The molecule has 0 fully saturated rings. The highest BCUT2D eigenvalue weighted by atomic mass is 19.1. The molecule has 0 aliphatic heterocycles. The highest BCUT2D eigenvalue weighted by molar-refractivity contribution is 5.85. The summed E-state index contributed by atoms with van der Waals surface area (Å²) in [6.07, 6.45) is 1.64. The third-order valence-corrected chi connectivity index (χ3v) is 3.23. The summed E-state index contributed by atoms with van der Waals surface area (Å²) in [5, 5.41) is 15.0. The maximum Gasteiger partial charge on any atom is 0.144 e. The van der Waals surface area contributed by atoms with Crippen LogP contribution in [0.3, 0.4) is 0 Å². The zero-order chi connectivity index (χ0) is 14.3. The number of hydrogen-bond acceptors (Lipinski definition) is 3. The van der Waals surface area contributed by atoms with Gasteiger partial charge in [0.05, 0.1) is 0 Å². The fraction of sp³-hybridized carbons (Fsp3) is 0.500. The van der Waals surface area contributed by atoms with Crippen molar-refractivity contribution < 1.29 is 9.60 Å². The summed E-state index contributed by atoms with van der Waals surface area (Å²) < 4.78 is 12.7. The van der Waals surface area contributed by atoms with Crippen LogP contribution in [0.25, 0.3) is 0 Å². The first-order chi connectivity index (χ1) is 8.95. The minimum Gasteiger partial charge on any atom is -0.409 e. The molecule has 0 bridgehead atoms. The van der Waals surface area contributed by atoms with Crippen molar-refractivity contribution in [2.24, 2.45) is 16.3 Å². The van der Waals surface area contributed by atoms with Gasteiger partial charge in [0.25, 0.3) is 0 Å². The van der Waals surface area contributed by atoms with Gasteiger partial charge in [-0.2, -0.15) is 0 Å². The SMILES string of the molecule is CC(C)(CCNCCc1ccc(F)cc1)C(N)=NO. The number of amidine groups is 1. The lowest BCUT2D eigenvalue weighted by Gasteiger charge is -2.22. The van der Waals surface area contributed by atoms with Gasteiger partial charge in [-0.25, -0.2) is 4.39 Å². The van der Waals surface area contributed by atoms with Crippen LogP contribution in [0.5, 0.6) is 0 Å². The van der Waals surface area contributed by atoms with E-state index in [2.05, 4.69) is 10.5 Å². The molecule has 1 aromatic carbocycles. The van der Waals surface area contributed by atoms with Crippen molar-refractivity contribution in [3.05, 3.63) is 35.6 Å². The molecule has 0 aromatic heterocycles. The largest absolute Gasteiger partial charge is 0.409 e. The summed E-state index contributed by atoms with van der Waals surface area (Å²) in [7, 11) is 0. The first-order valence-electron chi connectivity index (χ1n) is 6.39. The minimum absolute atomic E-state index is 0.211. The van der Waals surface area contributed by atoms with Crippen molar-refractivity contribution in [3.63, 3.8) is 0 Å². The molecule has 1 rings (SSSR count). The molecule has 1 aromatic rings. The Bertz CT molecular complexity index is 415. The van der Waals surface area contributed by atoms with E-state index in [4.69, 9.17) is 10.9 Å². The molecule has 0 saturated heterocycles. The lowest BCUT2D eigenvalue weighted by atomic mass is 9.88. The molecule has 0 saturated carbocycles. The van der Waals surface area contributed by atoms with Crippen LogP contribution in [0, 0.1) is 11.2 Å². The van der Waals surface area contributed by atoms with Crippen LogP contribution in [0.2, 0.25) is 0 Å². The second kappa shape index (κ2) is 7.09. The number of oxime groups is 1. The minimum atomic E-state index is -0.322. The molecular weight excluding hydrogens is 245 g/mol. The molecule has 106 valence electrons. The molecule has 0 heterocycles. The number of halogens is 1. The number of nitrogens with one attached hydrogen (secondary N) is 1. The molecule has 0 aliphatic rings. The van der Waals surface area contributed by atoms with Crippen molar-refractivity contribution in [2.45, 2.75) is 26.7 Å². The number of nitrogens with zero attached hydrogens (tertiary/aromatic N) is 1. The summed E-state index contributed by atoms with van der Waals surface area (Å²) in [6.45, 7) is 5.47. The van der Waals surface area contributed by atoms with Crippen LogP contribution < -0.4 is 11.1 Å². The fourth-order valence-electron chi connectivity index (χ4n) is 1.67. The lowest BCUT2D eigenvalue weighted by molar-refractivity contribution is 0.305. The fourth-order valence-corrected chi connectivity index (χ4v) is 1.67. The molecule has 0 amide bonds. The molecule has 19 heavy (non-hydrogen) atoms. The van der Waals surface area contributed by atoms with E-state index in [1.807, 2.05) is 13.8 Å². The standard InChI is InChI=1S/C14H22FN3O/c1-14(2,13(16)18-19)8-10-17-9-7-11-3-5-12(15)6-4-11/h3-6,17,19H,7-10H2,1-2H3,(H2,16,18). The van der Waals surface area contributed by atoms with Crippen LogP contribution >= 0.6 is 0 Å². The summed E-state index contributed by atoms with van der Waals surface area (Å²) in [5.74, 6) is 0.0325. The number of hydrogen-bond donors (Lipinski definition) is 3. The Morgan fingerprint density at radius 3 is 2.53 bits per heavy atom. The number of benzene rings is 1. The Kier molecular flexibility index (Phi) is 5.76. The van der Waals surface area contributed by atoms with Gasteiger partial charge in [0.2, 0.25) is 0 Å². The van der Waals surface area contributed by atoms with Gasteiger partial charge in [-0.05, 0) is 43.6 Å². The molecule has 0 atom stereocenters. The number of rotatable bonds is 7. The van der Waals surface area contributed by atoms with Crippen molar-refractivity contribution in [3.8, 4) is 0 Å². The van der Waals surface area contributed by atoms with Crippen LogP contribution in [0.15, 0.2) is 29.4 Å². The van der Waals surface area contributed by atoms with Crippen LogP contribution in [-0.4, -0.2) is 24.1 Å². The van der Waals surface area contributed by atoms with E-state index in [-0.39, 0.29) is 17.1 Å². The molecule has 0 spiro atoms. The van der Waals surface area contributed by atoms with Gasteiger partial charge in [0, 0.05) is 5.41 Å². The average molecular weight is 267 g/mol. The van der Waals surface area contributed by atoms with Crippen molar-refractivity contribution in [1.29, 1.82) is 0 Å². The van der Waals surface area contributed by atoms with Crippen molar-refractivity contribution >= 4 is 5.84 Å². The quantitative estimate of drug-likeness (QED) is 0.233. The van der Waals surface area contributed by atoms with Gasteiger partial charge in [-0.3, -0.25) is 0 Å². The second-order valence-electron chi connectivity index (χ2n) is 5.25. The highest BCUT2D eigenvalue weighted by Crippen LogP contribution is 2.19. The first kappa shape index (κ1) is 15.4. The van der Waals surface area contributed by atoms with E-state index < -0.39 is 0 Å². The monoisotopic (exact) mass is 267 g/mol. The third kappa shape index (κ3) is 5.26. The van der Waals surface area contributed by atoms with Crippen molar-refractivity contribution in [2.75, 3.05) is 13.1 Å². The zero-order valence-corrected chi connectivity index (χ0v) is 11.5. The van der Waals surface area contributed by atoms with Gasteiger partial charge in [-0.1, -0.05) is 31.1 Å². The van der Waals surface area contributed by atoms with Crippen LogP contribution in [0.4, 0.5) is 4.39 Å². The van der Waals surface area contributed by atoms with Crippen LogP contribution in [0.1, 0.15) is 25.8 Å². The average Bonchev–Trinajstić information content (AvgIpc) is 2.39. The maximum atomic E-state index is 12.7. The molecule has 4 N–H and O–H groups in total. The van der Waals surface area contributed by atoms with Gasteiger partial charge >= 0.3 is 0 Å². The summed E-state index contributed by atoms with van der Waals surface area (Å²) in [4.78, 5) is 0. The van der Waals surface area contributed by atoms with Gasteiger partial charge < -0.3 is 16.3 Å². The molecule has 4 nitrogen and oxygen atoms in total. The predicted molar refractivity (Wildman–Crippen MR) is 74.8 cm³/mol. The summed E-state index contributed by atoms with van der Waals surface area (Å²) >= 11 is 0.